The van der Waals surface area contributed by atoms with Crippen molar-refractivity contribution >= 4 is 11.9 Å². The van der Waals surface area contributed by atoms with Gasteiger partial charge in [-0.25, -0.2) is 0 Å². The number of unbranched alkanes of at least 4 members (excludes halogenated alkanes) is 42. The van der Waals surface area contributed by atoms with Gasteiger partial charge < -0.3 is 45.1 Å². The van der Waals surface area contributed by atoms with Crippen LogP contribution < -0.4 is 5.32 Å². The highest BCUT2D eigenvalue weighted by atomic mass is 16.7. The third-order valence-corrected chi connectivity index (χ3v) is 16.5. The number of allylic oxidation sites excluding steroid dienone is 7. The van der Waals surface area contributed by atoms with Crippen LogP contribution in [0.2, 0.25) is 0 Å². The fourth-order valence-corrected chi connectivity index (χ4v) is 11.0. The summed E-state index contributed by atoms with van der Waals surface area (Å²) in [6.07, 6.45) is 68.6. The predicted molar refractivity (Wildman–Crippen MR) is 343 cm³/mol. The molecule has 1 amide bonds. The van der Waals surface area contributed by atoms with Gasteiger partial charge in [-0.2, -0.15) is 0 Å². The maximum absolute atomic E-state index is 13.0. The van der Waals surface area contributed by atoms with Gasteiger partial charge in [0.2, 0.25) is 5.91 Å². The minimum atomic E-state index is -1.58. The van der Waals surface area contributed by atoms with Gasteiger partial charge in [-0.05, 0) is 77.6 Å². The van der Waals surface area contributed by atoms with Crippen LogP contribution in [0.3, 0.4) is 0 Å². The molecule has 0 aromatic rings. The van der Waals surface area contributed by atoms with Crippen molar-refractivity contribution in [1.82, 2.24) is 5.32 Å². The molecular weight excluding hydrogens is 1030 g/mol. The number of carbonyl (C=O) groups excluding carboxylic acids is 2. The van der Waals surface area contributed by atoms with Gasteiger partial charge in [0, 0.05) is 12.8 Å². The van der Waals surface area contributed by atoms with Crippen LogP contribution in [0.4, 0.5) is 0 Å². The summed E-state index contributed by atoms with van der Waals surface area (Å²) in [5.74, 6) is -0.185. The highest BCUT2D eigenvalue weighted by molar-refractivity contribution is 5.76. The maximum atomic E-state index is 13.0. The van der Waals surface area contributed by atoms with Crippen LogP contribution in [0.1, 0.15) is 328 Å². The van der Waals surface area contributed by atoms with Crippen molar-refractivity contribution in [2.24, 2.45) is 0 Å². The third-order valence-electron chi connectivity index (χ3n) is 16.5. The molecule has 0 aromatic heterocycles. The third kappa shape index (κ3) is 48.8. The number of nitrogens with one attached hydrogen (secondary N) is 1. The highest BCUT2D eigenvalue weighted by Gasteiger charge is 2.44. The van der Waals surface area contributed by atoms with Gasteiger partial charge >= 0.3 is 5.97 Å². The fraction of sp³-hybridized carbons (Fsp3) is 0.859. The van der Waals surface area contributed by atoms with E-state index in [9.17, 15) is 35.1 Å². The summed E-state index contributed by atoms with van der Waals surface area (Å²) in [5, 5.41) is 54.2. The monoisotopic (exact) mass is 1160 g/mol. The van der Waals surface area contributed by atoms with E-state index in [1.807, 2.05) is 19.1 Å². The van der Waals surface area contributed by atoms with Crippen molar-refractivity contribution in [3.05, 3.63) is 48.6 Å². The van der Waals surface area contributed by atoms with Crippen LogP contribution in [-0.4, -0.2) is 100 Å². The summed E-state index contributed by atoms with van der Waals surface area (Å²) >= 11 is 0. The van der Waals surface area contributed by atoms with Gasteiger partial charge in [0.15, 0.2) is 6.29 Å². The molecule has 7 atom stereocenters. The van der Waals surface area contributed by atoms with E-state index in [1.165, 1.54) is 244 Å². The molecular formula is C71H131NO10. The van der Waals surface area contributed by atoms with Gasteiger partial charge in [-0.3, -0.25) is 9.59 Å². The van der Waals surface area contributed by atoms with Crippen LogP contribution in [0.15, 0.2) is 48.6 Å². The van der Waals surface area contributed by atoms with E-state index < -0.39 is 49.5 Å². The first-order valence-corrected chi connectivity index (χ1v) is 34.9. The molecule has 11 nitrogen and oxygen atoms in total. The normalized spacial score (nSPS) is 18.5. The van der Waals surface area contributed by atoms with Gasteiger partial charge in [-0.15, -0.1) is 0 Å². The molecule has 0 saturated carbocycles. The lowest BCUT2D eigenvalue weighted by Crippen LogP contribution is -2.60. The number of aliphatic hydroxyl groups excluding tert-OH is 5. The van der Waals surface area contributed by atoms with Crippen molar-refractivity contribution < 1.29 is 49.3 Å². The lowest BCUT2D eigenvalue weighted by atomic mass is 9.99. The predicted octanol–water partition coefficient (Wildman–Crippen LogP) is 17.6. The second-order valence-electron chi connectivity index (χ2n) is 24.2. The van der Waals surface area contributed by atoms with Gasteiger partial charge in [0.25, 0.3) is 0 Å². The number of carbonyl (C=O) groups is 2. The zero-order chi connectivity index (χ0) is 59.5. The molecule has 0 radical (unpaired) electrons. The molecule has 1 rings (SSSR count). The molecule has 1 aliphatic rings. The first kappa shape index (κ1) is 77.6. The van der Waals surface area contributed by atoms with Crippen molar-refractivity contribution in [3.8, 4) is 0 Å². The number of rotatable bonds is 61. The van der Waals surface area contributed by atoms with E-state index in [-0.39, 0.29) is 18.5 Å². The lowest BCUT2D eigenvalue weighted by Gasteiger charge is -2.40. The zero-order valence-electron chi connectivity index (χ0n) is 53.2. The zero-order valence-corrected chi connectivity index (χ0v) is 53.2. The molecule has 1 fully saturated rings. The Balaban J connectivity index is 1.91. The van der Waals surface area contributed by atoms with E-state index >= 15 is 0 Å². The van der Waals surface area contributed by atoms with Crippen LogP contribution >= 0.6 is 0 Å². The van der Waals surface area contributed by atoms with Crippen LogP contribution in [0, 0.1) is 0 Å². The largest absolute Gasteiger partial charge is 0.466 e. The molecule has 1 saturated heterocycles. The van der Waals surface area contributed by atoms with Crippen LogP contribution in [0.25, 0.3) is 0 Å². The molecule has 1 heterocycles. The quantitative estimate of drug-likeness (QED) is 0.0195. The van der Waals surface area contributed by atoms with Gasteiger partial charge in [0.05, 0.1) is 32.0 Å². The molecule has 7 unspecified atom stereocenters. The summed E-state index contributed by atoms with van der Waals surface area (Å²) < 4.78 is 16.7. The van der Waals surface area contributed by atoms with Crippen LogP contribution in [-0.2, 0) is 23.8 Å². The van der Waals surface area contributed by atoms with Crippen molar-refractivity contribution in [2.45, 2.75) is 371 Å². The van der Waals surface area contributed by atoms with E-state index in [2.05, 4.69) is 42.6 Å². The number of amides is 1. The summed E-state index contributed by atoms with van der Waals surface area (Å²) in [5.41, 5.74) is 0. The Morgan fingerprint density at radius 2 is 0.841 bits per heavy atom. The van der Waals surface area contributed by atoms with Gasteiger partial charge in [0.1, 0.15) is 24.4 Å². The van der Waals surface area contributed by atoms with Gasteiger partial charge in [-0.1, -0.05) is 287 Å². The Kier molecular flexibility index (Phi) is 57.1. The standard InChI is InChI=1S/C71H131NO10/c1-3-5-7-9-11-13-14-35-39-43-47-51-55-59-67(76)80-60-56-52-48-44-40-37-34-32-30-28-26-24-22-20-18-16-15-17-19-21-23-25-27-29-31-33-36-38-42-46-50-54-58-66(75)72-63(64(74)57-53-49-45-41-12-10-8-6-4-2)62-81-71-70(79)69(78)68(77)65(61-73)82-71/h4,6,12,18,20,41,53,57,63-65,68-71,73-74,77-79H,3,5,7-11,13-17,19,21-40,42-52,54-56,58-62H2,1-2H3,(H,72,75)/b6-4+,20-18-,41-12+,57-53+. The SMILES string of the molecule is C/C=C/CC/C=C/CC/C=C/C(O)C(COC1OC(CO)C(O)C(O)C1O)NC(=O)CCCCCCCCCCCCCCCCCC/C=C\CCCCCCCCCCCCCCOC(=O)CCCCCCCCCCCCCCC. The summed E-state index contributed by atoms with van der Waals surface area (Å²) in [7, 11) is 0. The first-order chi connectivity index (χ1) is 40.2. The number of aliphatic hydroxyl groups is 5. The lowest BCUT2D eigenvalue weighted by molar-refractivity contribution is -0.302. The first-order valence-electron chi connectivity index (χ1n) is 34.9. The Hall–Kier alpha value is -2.38. The van der Waals surface area contributed by atoms with E-state index in [0.29, 0.717) is 19.4 Å². The second kappa shape index (κ2) is 60.3. The molecule has 11 heteroatoms. The Morgan fingerprint density at radius 1 is 0.463 bits per heavy atom. The fourth-order valence-electron chi connectivity index (χ4n) is 11.0. The Labute approximate surface area is 504 Å². The summed E-state index contributed by atoms with van der Waals surface area (Å²) in [6.45, 7) is 4.12. The Morgan fingerprint density at radius 3 is 1.28 bits per heavy atom. The number of hydrogen-bond acceptors (Lipinski definition) is 10. The summed E-state index contributed by atoms with van der Waals surface area (Å²) in [4.78, 5) is 25.1. The average Bonchev–Trinajstić information content (AvgIpc) is 3.49. The topological polar surface area (TPSA) is 175 Å². The summed E-state index contributed by atoms with van der Waals surface area (Å²) in [6, 6.07) is -0.832. The minimum absolute atomic E-state index is 0.0117. The van der Waals surface area contributed by atoms with Crippen molar-refractivity contribution in [3.63, 3.8) is 0 Å². The number of ether oxygens (including phenoxy) is 3. The van der Waals surface area contributed by atoms with Crippen molar-refractivity contribution in [1.29, 1.82) is 0 Å². The van der Waals surface area contributed by atoms with E-state index in [1.54, 1.807) is 6.08 Å². The maximum Gasteiger partial charge on any atom is 0.305 e. The molecule has 480 valence electrons. The number of esters is 1. The molecule has 82 heavy (non-hydrogen) atoms. The van der Waals surface area contributed by atoms with E-state index in [4.69, 9.17) is 14.2 Å². The molecule has 0 aromatic carbocycles. The highest BCUT2D eigenvalue weighted by Crippen LogP contribution is 2.23. The smallest absolute Gasteiger partial charge is 0.305 e. The molecule has 0 aliphatic carbocycles. The Bertz CT molecular complexity index is 1500. The second-order valence-corrected chi connectivity index (χ2v) is 24.2. The van der Waals surface area contributed by atoms with E-state index in [0.717, 1.165) is 57.8 Å². The molecule has 0 bridgehead atoms. The van der Waals surface area contributed by atoms with Crippen LogP contribution in [0.5, 0.6) is 0 Å². The van der Waals surface area contributed by atoms with Crippen molar-refractivity contribution in [2.75, 3.05) is 19.8 Å². The molecule has 6 N–H and O–H groups in total. The molecule has 1 aliphatic heterocycles. The average molecular weight is 1160 g/mol. The number of hydrogen-bond donors (Lipinski definition) is 6. The molecule has 0 spiro atoms. The minimum Gasteiger partial charge on any atom is -0.466 e.